The minimum absolute atomic E-state index is 0. The molecule has 0 bridgehead atoms. The Bertz CT molecular complexity index is 304. The lowest BCUT2D eigenvalue weighted by Crippen LogP contribution is -2.25. The summed E-state index contributed by atoms with van der Waals surface area (Å²) in [6, 6.07) is 1.83. The summed E-state index contributed by atoms with van der Waals surface area (Å²) in [5.41, 5.74) is 5.48. The highest BCUT2D eigenvalue weighted by atomic mass is 35.5. The second kappa shape index (κ2) is 9.01. The summed E-state index contributed by atoms with van der Waals surface area (Å²) < 4.78 is 0. The van der Waals surface area contributed by atoms with E-state index in [4.69, 9.17) is 5.73 Å². The molecule has 1 heterocycles. The monoisotopic (exact) mass is 259 g/mol. The number of nitrogens with zero attached hydrogens (tertiary/aromatic N) is 3. The Morgan fingerprint density at radius 1 is 1.35 bits per heavy atom. The van der Waals surface area contributed by atoms with Crippen molar-refractivity contribution in [3.63, 3.8) is 0 Å². The fourth-order valence-electron chi connectivity index (χ4n) is 1.53. The molecule has 0 amide bonds. The van der Waals surface area contributed by atoms with E-state index in [1.54, 1.807) is 6.20 Å². The van der Waals surface area contributed by atoms with E-state index in [1.165, 1.54) is 0 Å². The standard InChI is InChI=1S/C11H21N5.ClH/c1-3-16(4-2)9-5-7-13-10-6-8-14-11(12)15-10;/h6,8H,3-5,7,9H2,1-2H3,(H3,12,13,14,15);1H. The molecule has 98 valence electrons. The molecule has 0 spiro atoms. The molecule has 0 aromatic carbocycles. The smallest absolute Gasteiger partial charge is 0.221 e. The number of anilines is 2. The van der Waals surface area contributed by atoms with Crippen LogP contribution in [0.2, 0.25) is 0 Å². The van der Waals surface area contributed by atoms with Gasteiger partial charge in [0, 0.05) is 12.7 Å². The fourth-order valence-corrected chi connectivity index (χ4v) is 1.53. The van der Waals surface area contributed by atoms with E-state index in [0.717, 1.165) is 38.4 Å². The topological polar surface area (TPSA) is 67.1 Å². The van der Waals surface area contributed by atoms with E-state index >= 15 is 0 Å². The molecule has 17 heavy (non-hydrogen) atoms. The van der Waals surface area contributed by atoms with Gasteiger partial charge >= 0.3 is 0 Å². The molecule has 0 atom stereocenters. The van der Waals surface area contributed by atoms with Crippen LogP contribution in [0.4, 0.5) is 11.8 Å². The van der Waals surface area contributed by atoms with Crippen molar-refractivity contribution in [1.82, 2.24) is 14.9 Å². The molecule has 0 radical (unpaired) electrons. The Morgan fingerprint density at radius 3 is 2.65 bits per heavy atom. The van der Waals surface area contributed by atoms with Gasteiger partial charge in [-0.3, -0.25) is 0 Å². The van der Waals surface area contributed by atoms with Gasteiger partial charge in [-0.25, -0.2) is 4.98 Å². The highest BCUT2D eigenvalue weighted by Crippen LogP contribution is 2.02. The maximum atomic E-state index is 5.48. The number of nitrogen functional groups attached to an aromatic ring is 1. The first-order valence-electron chi connectivity index (χ1n) is 5.81. The maximum Gasteiger partial charge on any atom is 0.221 e. The van der Waals surface area contributed by atoms with Gasteiger partial charge in [-0.2, -0.15) is 4.98 Å². The molecule has 0 aliphatic rings. The largest absolute Gasteiger partial charge is 0.370 e. The van der Waals surface area contributed by atoms with Crippen molar-refractivity contribution in [1.29, 1.82) is 0 Å². The third-order valence-electron chi connectivity index (χ3n) is 2.53. The molecule has 0 saturated heterocycles. The summed E-state index contributed by atoms with van der Waals surface area (Å²) in [5.74, 6) is 1.11. The van der Waals surface area contributed by atoms with Crippen LogP contribution in [0.3, 0.4) is 0 Å². The minimum Gasteiger partial charge on any atom is -0.370 e. The van der Waals surface area contributed by atoms with Crippen LogP contribution < -0.4 is 11.1 Å². The van der Waals surface area contributed by atoms with Crippen LogP contribution in [0.5, 0.6) is 0 Å². The van der Waals surface area contributed by atoms with Crippen molar-refractivity contribution in [3.8, 4) is 0 Å². The number of rotatable bonds is 7. The Morgan fingerprint density at radius 2 is 2.06 bits per heavy atom. The third kappa shape index (κ3) is 6.28. The Balaban J connectivity index is 0.00000256. The molecule has 1 aromatic rings. The highest BCUT2D eigenvalue weighted by molar-refractivity contribution is 5.85. The van der Waals surface area contributed by atoms with Crippen molar-refractivity contribution in [3.05, 3.63) is 12.3 Å². The van der Waals surface area contributed by atoms with Crippen LogP contribution in [0.25, 0.3) is 0 Å². The first-order valence-corrected chi connectivity index (χ1v) is 5.81. The summed E-state index contributed by atoms with van der Waals surface area (Å²) >= 11 is 0. The predicted molar refractivity (Wildman–Crippen MR) is 74.6 cm³/mol. The molecule has 1 rings (SSSR count). The Labute approximate surface area is 109 Å². The molecule has 5 nitrogen and oxygen atoms in total. The van der Waals surface area contributed by atoms with Gasteiger partial charge in [0.1, 0.15) is 5.82 Å². The number of halogens is 1. The van der Waals surface area contributed by atoms with Crippen molar-refractivity contribution in [2.45, 2.75) is 20.3 Å². The zero-order valence-corrected chi connectivity index (χ0v) is 11.3. The van der Waals surface area contributed by atoms with Gasteiger partial charge in [-0.15, -0.1) is 12.4 Å². The minimum atomic E-state index is 0. The Kier molecular flexibility index (Phi) is 8.44. The molecule has 3 N–H and O–H groups in total. The summed E-state index contributed by atoms with van der Waals surface area (Å²) in [6.45, 7) is 8.60. The lowest BCUT2D eigenvalue weighted by Gasteiger charge is -2.17. The van der Waals surface area contributed by atoms with Crippen molar-refractivity contribution in [2.24, 2.45) is 0 Å². The van der Waals surface area contributed by atoms with Crippen LogP contribution in [0.15, 0.2) is 12.3 Å². The van der Waals surface area contributed by atoms with E-state index in [2.05, 4.69) is 34.0 Å². The predicted octanol–water partition coefficient (Wildman–Crippen LogP) is 1.62. The Hall–Kier alpha value is -1.07. The number of hydrogen-bond acceptors (Lipinski definition) is 5. The zero-order chi connectivity index (χ0) is 11.8. The lowest BCUT2D eigenvalue weighted by atomic mass is 10.3. The van der Waals surface area contributed by atoms with Gasteiger partial charge in [-0.05, 0) is 32.1 Å². The van der Waals surface area contributed by atoms with Gasteiger partial charge in [0.15, 0.2) is 0 Å². The van der Waals surface area contributed by atoms with E-state index in [-0.39, 0.29) is 12.4 Å². The van der Waals surface area contributed by atoms with Crippen LogP contribution in [-0.2, 0) is 0 Å². The quantitative estimate of drug-likeness (QED) is 0.729. The second-order valence-corrected chi connectivity index (χ2v) is 3.61. The van der Waals surface area contributed by atoms with E-state index in [0.29, 0.717) is 5.95 Å². The average Bonchev–Trinajstić information content (AvgIpc) is 2.29. The third-order valence-corrected chi connectivity index (χ3v) is 2.53. The van der Waals surface area contributed by atoms with Crippen LogP contribution in [-0.4, -0.2) is 41.0 Å². The number of nitrogens with one attached hydrogen (secondary N) is 1. The van der Waals surface area contributed by atoms with Gasteiger partial charge in [0.2, 0.25) is 5.95 Å². The molecular formula is C11H22ClN5. The molecule has 0 aliphatic heterocycles. The van der Waals surface area contributed by atoms with Gasteiger partial charge in [0.25, 0.3) is 0 Å². The van der Waals surface area contributed by atoms with Crippen LogP contribution in [0.1, 0.15) is 20.3 Å². The molecular weight excluding hydrogens is 238 g/mol. The van der Waals surface area contributed by atoms with Crippen LogP contribution >= 0.6 is 12.4 Å². The molecule has 0 unspecified atom stereocenters. The normalized spacial score (nSPS) is 10.1. The van der Waals surface area contributed by atoms with Crippen molar-refractivity contribution in [2.75, 3.05) is 37.2 Å². The molecule has 0 fully saturated rings. The summed E-state index contributed by atoms with van der Waals surface area (Å²) in [7, 11) is 0. The van der Waals surface area contributed by atoms with E-state index in [1.807, 2.05) is 6.07 Å². The van der Waals surface area contributed by atoms with Crippen molar-refractivity contribution >= 4 is 24.2 Å². The molecule has 0 aliphatic carbocycles. The summed E-state index contributed by atoms with van der Waals surface area (Å²) in [6.07, 6.45) is 2.76. The maximum absolute atomic E-state index is 5.48. The second-order valence-electron chi connectivity index (χ2n) is 3.61. The molecule has 1 aromatic heterocycles. The van der Waals surface area contributed by atoms with Gasteiger partial charge in [-0.1, -0.05) is 13.8 Å². The van der Waals surface area contributed by atoms with Crippen LogP contribution in [0, 0.1) is 0 Å². The van der Waals surface area contributed by atoms with Crippen molar-refractivity contribution < 1.29 is 0 Å². The first kappa shape index (κ1) is 15.9. The summed E-state index contributed by atoms with van der Waals surface area (Å²) in [5, 5.41) is 3.23. The SMILES string of the molecule is CCN(CC)CCCNc1ccnc(N)n1.Cl. The fraction of sp³-hybridized carbons (Fsp3) is 0.636. The summed E-state index contributed by atoms with van der Waals surface area (Å²) in [4.78, 5) is 10.3. The van der Waals surface area contributed by atoms with Gasteiger partial charge in [0.05, 0.1) is 0 Å². The average molecular weight is 260 g/mol. The van der Waals surface area contributed by atoms with E-state index < -0.39 is 0 Å². The molecule has 6 heteroatoms. The number of nitrogens with two attached hydrogens (primary N) is 1. The van der Waals surface area contributed by atoms with Gasteiger partial charge < -0.3 is 16.0 Å². The first-order chi connectivity index (χ1) is 7.76. The number of aromatic nitrogens is 2. The number of hydrogen-bond donors (Lipinski definition) is 2. The van der Waals surface area contributed by atoms with E-state index in [9.17, 15) is 0 Å². The lowest BCUT2D eigenvalue weighted by molar-refractivity contribution is 0.303. The highest BCUT2D eigenvalue weighted by Gasteiger charge is 1.98. The zero-order valence-electron chi connectivity index (χ0n) is 10.5. The molecule has 0 saturated carbocycles.